The Labute approximate surface area is 108 Å². The minimum Gasteiger partial charge on any atom is -0.396 e. The second kappa shape index (κ2) is 6.16. The van der Waals surface area contributed by atoms with Crippen LogP contribution in [0.25, 0.3) is 0 Å². The SMILES string of the molecule is Cn1ccc(C(=O)CN2CCCC(CCO)C2)c1. The van der Waals surface area contributed by atoms with Gasteiger partial charge in [-0.25, -0.2) is 0 Å². The molecule has 1 unspecified atom stereocenters. The van der Waals surface area contributed by atoms with Crippen LogP contribution in [-0.4, -0.2) is 46.6 Å². The second-order valence-electron chi connectivity index (χ2n) is 5.24. The molecule has 1 saturated heterocycles. The van der Waals surface area contributed by atoms with Crippen LogP contribution >= 0.6 is 0 Å². The predicted octanol–water partition coefficient (Wildman–Crippen LogP) is 1.30. The van der Waals surface area contributed by atoms with Crippen LogP contribution in [-0.2, 0) is 7.05 Å². The molecule has 1 aliphatic rings. The summed E-state index contributed by atoms with van der Waals surface area (Å²) in [5, 5.41) is 8.98. The first kappa shape index (κ1) is 13.3. The number of nitrogens with zero attached hydrogens (tertiary/aromatic N) is 2. The van der Waals surface area contributed by atoms with E-state index in [0.29, 0.717) is 12.5 Å². The fourth-order valence-corrected chi connectivity index (χ4v) is 2.68. The molecule has 0 radical (unpaired) electrons. The molecule has 2 rings (SSSR count). The molecule has 0 saturated carbocycles. The fraction of sp³-hybridized carbons (Fsp3) is 0.643. The zero-order valence-corrected chi connectivity index (χ0v) is 11.0. The quantitative estimate of drug-likeness (QED) is 0.801. The molecule has 0 spiro atoms. The van der Waals surface area contributed by atoms with E-state index >= 15 is 0 Å². The summed E-state index contributed by atoms with van der Waals surface area (Å²) in [6.07, 6.45) is 6.94. The van der Waals surface area contributed by atoms with Gasteiger partial charge >= 0.3 is 0 Å². The van der Waals surface area contributed by atoms with Gasteiger partial charge in [-0.3, -0.25) is 9.69 Å². The second-order valence-corrected chi connectivity index (χ2v) is 5.24. The third-order valence-corrected chi connectivity index (χ3v) is 3.66. The van der Waals surface area contributed by atoms with Crippen molar-refractivity contribution < 1.29 is 9.90 Å². The smallest absolute Gasteiger partial charge is 0.178 e. The Morgan fingerprint density at radius 2 is 2.39 bits per heavy atom. The summed E-state index contributed by atoms with van der Waals surface area (Å²) in [4.78, 5) is 14.3. The van der Waals surface area contributed by atoms with Crippen LogP contribution in [0.5, 0.6) is 0 Å². The number of carbonyl (C=O) groups excluding carboxylic acids is 1. The summed E-state index contributed by atoms with van der Waals surface area (Å²) in [5.41, 5.74) is 0.793. The average molecular weight is 250 g/mol. The van der Waals surface area contributed by atoms with Gasteiger partial charge in [-0.1, -0.05) is 0 Å². The molecule has 18 heavy (non-hydrogen) atoms. The topological polar surface area (TPSA) is 45.5 Å². The van der Waals surface area contributed by atoms with Crippen LogP contribution in [0.1, 0.15) is 29.6 Å². The lowest BCUT2D eigenvalue weighted by atomic mass is 9.95. The average Bonchev–Trinajstić information content (AvgIpc) is 2.77. The van der Waals surface area contributed by atoms with Gasteiger partial charge in [0.25, 0.3) is 0 Å². The number of ketones is 1. The molecule has 0 amide bonds. The molecule has 1 aromatic heterocycles. The molecule has 1 N–H and O–H groups in total. The van der Waals surface area contributed by atoms with Crippen LogP contribution in [0.3, 0.4) is 0 Å². The van der Waals surface area contributed by atoms with Gasteiger partial charge < -0.3 is 9.67 Å². The van der Waals surface area contributed by atoms with Crippen molar-refractivity contribution in [2.75, 3.05) is 26.2 Å². The van der Waals surface area contributed by atoms with Gasteiger partial charge in [0.15, 0.2) is 5.78 Å². The number of likely N-dealkylation sites (tertiary alicyclic amines) is 1. The van der Waals surface area contributed by atoms with Gasteiger partial charge in [-0.2, -0.15) is 0 Å². The predicted molar refractivity (Wildman–Crippen MR) is 70.6 cm³/mol. The standard InChI is InChI=1S/C14H22N2O2/c1-15-7-4-13(10-15)14(18)11-16-6-2-3-12(9-16)5-8-17/h4,7,10,12,17H,2-3,5-6,8-9,11H2,1H3. The van der Waals surface area contributed by atoms with Crippen LogP contribution < -0.4 is 0 Å². The number of aliphatic hydroxyl groups excluding tert-OH is 1. The van der Waals surface area contributed by atoms with Crippen LogP contribution in [0.15, 0.2) is 18.5 Å². The van der Waals surface area contributed by atoms with Crippen LogP contribution in [0.4, 0.5) is 0 Å². The fourth-order valence-electron chi connectivity index (χ4n) is 2.68. The Morgan fingerprint density at radius 3 is 3.06 bits per heavy atom. The lowest BCUT2D eigenvalue weighted by Crippen LogP contribution is -2.39. The van der Waals surface area contributed by atoms with Crippen molar-refractivity contribution in [1.82, 2.24) is 9.47 Å². The van der Waals surface area contributed by atoms with E-state index in [1.54, 1.807) is 0 Å². The van der Waals surface area contributed by atoms with Gasteiger partial charge in [0.1, 0.15) is 0 Å². The first-order chi connectivity index (χ1) is 8.69. The maximum absolute atomic E-state index is 12.1. The summed E-state index contributed by atoms with van der Waals surface area (Å²) in [5.74, 6) is 0.743. The Bertz CT molecular complexity index is 398. The number of hydrogen-bond acceptors (Lipinski definition) is 3. The Kier molecular flexibility index (Phi) is 4.55. The number of hydrogen-bond donors (Lipinski definition) is 1. The first-order valence-corrected chi connectivity index (χ1v) is 6.67. The largest absolute Gasteiger partial charge is 0.396 e. The summed E-state index contributed by atoms with van der Waals surface area (Å²) in [7, 11) is 1.93. The molecule has 0 aliphatic carbocycles. The highest BCUT2D eigenvalue weighted by atomic mass is 16.3. The van der Waals surface area contributed by atoms with E-state index in [9.17, 15) is 4.79 Å². The summed E-state index contributed by atoms with van der Waals surface area (Å²) < 4.78 is 1.90. The van der Waals surface area contributed by atoms with E-state index in [2.05, 4.69) is 4.90 Å². The molecule has 0 aromatic carbocycles. The Morgan fingerprint density at radius 1 is 1.56 bits per heavy atom. The highest BCUT2D eigenvalue weighted by molar-refractivity contribution is 5.97. The van der Waals surface area contributed by atoms with Gasteiger partial charge in [-0.05, 0) is 37.8 Å². The number of piperidine rings is 1. The van der Waals surface area contributed by atoms with Crippen molar-refractivity contribution >= 4 is 5.78 Å². The van der Waals surface area contributed by atoms with E-state index in [4.69, 9.17) is 5.11 Å². The highest BCUT2D eigenvalue weighted by Crippen LogP contribution is 2.19. The molecule has 1 fully saturated rings. The first-order valence-electron chi connectivity index (χ1n) is 6.67. The summed E-state index contributed by atoms with van der Waals surface area (Å²) in [6.45, 7) is 2.71. The van der Waals surface area contributed by atoms with Gasteiger partial charge in [0.05, 0.1) is 6.54 Å². The maximum Gasteiger partial charge on any atom is 0.178 e. The molecular formula is C14H22N2O2. The minimum atomic E-state index is 0.195. The Hall–Kier alpha value is -1.13. The van der Waals surface area contributed by atoms with Gasteiger partial charge in [0, 0.05) is 38.2 Å². The van der Waals surface area contributed by atoms with Crippen LogP contribution in [0, 0.1) is 5.92 Å². The van der Waals surface area contributed by atoms with E-state index in [1.165, 1.54) is 6.42 Å². The van der Waals surface area contributed by atoms with Crippen molar-refractivity contribution in [3.05, 3.63) is 24.0 Å². The van der Waals surface area contributed by atoms with Crippen molar-refractivity contribution in [3.8, 4) is 0 Å². The van der Waals surface area contributed by atoms with E-state index in [0.717, 1.165) is 31.5 Å². The molecule has 0 bridgehead atoms. The van der Waals surface area contributed by atoms with Gasteiger partial charge in [0.2, 0.25) is 0 Å². The number of aryl methyl sites for hydroxylation is 1. The number of rotatable bonds is 5. The number of aliphatic hydroxyl groups is 1. The molecule has 2 heterocycles. The zero-order chi connectivity index (χ0) is 13.0. The van der Waals surface area contributed by atoms with Crippen molar-refractivity contribution in [2.24, 2.45) is 13.0 Å². The van der Waals surface area contributed by atoms with E-state index in [-0.39, 0.29) is 12.4 Å². The van der Waals surface area contributed by atoms with Gasteiger partial charge in [-0.15, -0.1) is 0 Å². The normalized spacial score (nSPS) is 21.1. The van der Waals surface area contributed by atoms with E-state index < -0.39 is 0 Å². The van der Waals surface area contributed by atoms with Crippen molar-refractivity contribution in [1.29, 1.82) is 0 Å². The maximum atomic E-state index is 12.1. The molecule has 1 atom stereocenters. The molecule has 4 nitrogen and oxygen atoms in total. The zero-order valence-electron chi connectivity index (χ0n) is 11.0. The Balaban J connectivity index is 1.87. The lowest BCUT2D eigenvalue weighted by molar-refractivity contribution is 0.0871. The third-order valence-electron chi connectivity index (χ3n) is 3.66. The van der Waals surface area contributed by atoms with Crippen molar-refractivity contribution in [2.45, 2.75) is 19.3 Å². The van der Waals surface area contributed by atoms with E-state index in [1.807, 2.05) is 30.1 Å². The summed E-state index contributed by atoms with van der Waals surface area (Å²) in [6, 6.07) is 1.87. The number of aromatic nitrogens is 1. The van der Waals surface area contributed by atoms with Crippen LogP contribution in [0.2, 0.25) is 0 Å². The third kappa shape index (κ3) is 3.43. The molecular weight excluding hydrogens is 228 g/mol. The number of carbonyl (C=O) groups is 1. The summed E-state index contributed by atoms with van der Waals surface area (Å²) >= 11 is 0. The molecule has 1 aliphatic heterocycles. The number of Topliss-reactive ketones (excluding diaryl/α,β-unsaturated/α-hetero) is 1. The molecule has 100 valence electrons. The lowest BCUT2D eigenvalue weighted by Gasteiger charge is -2.31. The van der Waals surface area contributed by atoms with Crippen molar-refractivity contribution in [3.63, 3.8) is 0 Å². The monoisotopic (exact) mass is 250 g/mol. The molecule has 4 heteroatoms. The highest BCUT2D eigenvalue weighted by Gasteiger charge is 2.21. The minimum absolute atomic E-state index is 0.195. The molecule has 1 aromatic rings.